The van der Waals surface area contributed by atoms with Gasteiger partial charge in [-0.25, -0.2) is 13.2 Å². The molecule has 3 heterocycles. The molecule has 0 aliphatic carbocycles. The maximum Gasteiger partial charge on any atom is 0.328 e. The second-order valence-electron chi connectivity index (χ2n) is 4.99. The van der Waals surface area contributed by atoms with Gasteiger partial charge in [-0.2, -0.15) is 28.2 Å². The Morgan fingerprint density at radius 2 is 1.59 bits per heavy atom. The van der Waals surface area contributed by atoms with Gasteiger partial charge in [-0.1, -0.05) is 0 Å². The van der Waals surface area contributed by atoms with Gasteiger partial charge >= 0.3 is 6.01 Å². The highest BCUT2D eigenvalue weighted by molar-refractivity contribution is 5.51. The van der Waals surface area contributed by atoms with E-state index in [0.29, 0.717) is 0 Å². The van der Waals surface area contributed by atoms with Gasteiger partial charge in [0.15, 0.2) is 5.76 Å². The lowest BCUT2D eigenvalue weighted by molar-refractivity contribution is 0.322. The van der Waals surface area contributed by atoms with Crippen LogP contribution in [-0.2, 0) is 0 Å². The largest absolute Gasteiger partial charge is 0.461 e. The predicted octanol–water partition coefficient (Wildman–Crippen LogP) is 2.85. The summed E-state index contributed by atoms with van der Waals surface area (Å²) in [6.45, 7) is 0. The summed E-state index contributed by atoms with van der Waals surface area (Å²) in [5, 5.41) is 3.97. The number of furan rings is 1. The summed E-state index contributed by atoms with van der Waals surface area (Å²) in [6, 6.07) is 2.32. The highest BCUT2D eigenvalue weighted by Crippen LogP contribution is 2.32. The number of anilines is 1. The SMILES string of the molecule is Nc1nc(Oc2c(F)c(F)c(F)c(F)c2F)nc2nc(-c3ccco3)nn12. The number of fused-ring (bicyclic) bond motifs is 1. The first-order chi connectivity index (χ1) is 12.9. The zero-order valence-electron chi connectivity index (χ0n) is 12.8. The fourth-order valence-corrected chi connectivity index (χ4v) is 2.11. The van der Waals surface area contributed by atoms with Crippen LogP contribution in [-0.4, -0.2) is 24.6 Å². The first-order valence-electron chi connectivity index (χ1n) is 7.00. The number of halogens is 5. The third-order valence-electron chi connectivity index (χ3n) is 3.32. The van der Waals surface area contributed by atoms with Gasteiger partial charge in [0.25, 0.3) is 5.78 Å². The van der Waals surface area contributed by atoms with Crippen molar-refractivity contribution in [3.8, 4) is 23.3 Å². The van der Waals surface area contributed by atoms with Crippen molar-refractivity contribution >= 4 is 11.7 Å². The number of nitrogens with two attached hydrogens (primary N) is 1. The molecule has 0 bridgehead atoms. The number of nitrogen functional groups attached to an aromatic ring is 1. The highest BCUT2D eigenvalue weighted by atomic mass is 19.2. The van der Waals surface area contributed by atoms with Crippen molar-refractivity contribution < 1.29 is 31.1 Å². The molecule has 0 fully saturated rings. The number of hydrogen-bond acceptors (Lipinski definition) is 7. The van der Waals surface area contributed by atoms with Gasteiger partial charge in [0, 0.05) is 0 Å². The van der Waals surface area contributed by atoms with Gasteiger partial charge in [-0.15, -0.1) is 5.10 Å². The molecule has 0 radical (unpaired) electrons. The van der Waals surface area contributed by atoms with Crippen molar-refractivity contribution in [1.29, 1.82) is 0 Å². The summed E-state index contributed by atoms with van der Waals surface area (Å²) in [7, 11) is 0. The summed E-state index contributed by atoms with van der Waals surface area (Å²) >= 11 is 0. The molecule has 2 N–H and O–H groups in total. The van der Waals surface area contributed by atoms with E-state index in [1.165, 1.54) is 6.26 Å². The lowest BCUT2D eigenvalue weighted by Gasteiger charge is -2.08. The molecule has 0 aliphatic heterocycles. The van der Waals surface area contributed by atoms with Crippen molar-refractivity contribution in [3.05, 3.63) is 47.5 Å². The Kier molecular flexibility index (Phi) is 3.64. The van der Waals surface area contributed by atoms with Crippen molar-refractivity contribution in [2.75, 3.05) is 5.73 Å². The van der Waals surface area contributed by atoms with Crippen LogP contribution >= 0.6 is 0 Å². The molecule has 1 aromatic carbocycles. The lowest BCUT2D eigenvalue weighted by atomic mass is 10.2. The fraction of sp³-hybridized carbons (Fsp3) is 0. The van der Waals surface area contributed by atoms with E-state index in [2.05, 4.69) is 24.8 Å². The Balaban J connectivity index is 1.80. The average molecular weight is 384 g/mol. The molecule has 4 rings (SSSR count). The minimum Gasteiger partial charge on any atom is -0.461 e. The first kappa shape index (κ1) is 16.7. The number of hydrogen-bond donors (Lipinski definition) is 1. The third kappa shape index (κ3) is 2.59. The van der Waals surface area contributed by atoms with Gasteiger partial charge < -0.3 is 14.9 Å². The van der Waals surface area contributed by atoms with Crippen LogP contribution in [0, 0.1) is 29.1 Å². The number of rotatable bonds is 3. The minimum atomic E-state index is -2.33. The van der Waals surface area contributed by atoms with Gasteiger partial charge in [0.1, 0.15) is 0 Å². The molecule has 13 heteroatoms. The van der Waals surface area contributed by atoms with Crippen LogP contribution in [0.25, 0.3) is 17.4 Å². The molecule has 0 spiro atoms. The Hall–Kier alpha value is -3.77. The van der Waals surface area contributed by atoms with Crippen LogP contribution in [0.3, 0.4) is 0 Å². The van der Waals surface area contributed by atoms with Crippen molar-refractivity contribution in [3.63, 3.8) is 0 Å². The molecule has 0 unspecified atom stereocenters. The van der Waals surface area contributed by atoms with E-state index in [1.807, 2.05) is 0 Å². The van der Waals surface area contributed by atoms with Gasteiger partial charge in [0.05, 0.1) is 6.26 Å². The van der Waals surface area contributed by atoms with Crippen molar-refractivity contribution in [2.45, 2.75) is 0 Å². The number of benzene rings is 1. The average Bonchev–Trinajstić information content (AvgIpc) is 3.31. The van der Waals surface area contributed by atoms with Gasteiger partial charge in [0.2, 0.25) is 46.6 Å². The van der Waals surface area contributed by atoms with Crippen molar-refractivity contribution in [1.82, 2.24) is 24.6 Å². The van der Waals surface area contributed by atoms with Gasteiger partial charge in [-0.05, 0) is 12.1 Å². The molecule has 138 valence electrons. The maximum absolute atomic E-state index is 13.7. The lowest BCUT2D eigenvalue weighted by Crippen LogP contribution is -2.08. The smallest absolute Gasteiger partial charge is 0.328 e. The molecule has 0 atom stereocenters. The Morgan fingerprint density at radius 1 is 0.926 bits per heavy atom. The van der Waals surface area contributed by atoms with Crippen molar-refractivity contribution in [2.24, 2.45) is 0 Å². The summed E-state index contributed by atoms with van der Waals surface area (Å²) in [5.41, 5.74) is 5.64. The number of aromatic nitrogens is 5. The molecule has 0 saturated heterocycles. The summed E-state index contributed by atoms with van der Waals surface area (Å²) in [5.74, 6) is -12.9. The van der Waals surface area contributed by atoms with Crippen LogP contribution in [0.5, 0.6) is 11.8 Å². The second-order valence-corrected chi connectivity index (χ2v) is 4.99. The molecule has 0 saturated carbocycles. The van der Waals surface area contributed by atoms with E-state index in [9.17, 15) is 22.0 Å². The Labute approximate surface area is 145 Å². The zero-order chi connectivity index (χ0) is 19.3. The van der Waals surface area contributed by atoms with E-state index in [0.717, 1.165) is 4.52 Å². The third-order valence-corrected chi connectivity index (χ3v) is 3.32. The van der Waals surface area contributed by atoms with E-state index in [-0.39, 0.29) is 23.3 Å². The molecule has 3 aromatic heterocycles. The molecule has 0 aliphatic rings. The zero-order valence-corrected chi connectivity index (χ0v) is 12.8. The van der Waals surface area contributed by atoms with E-state index >= 15 is 0 Å². The molecule has 8 nitrogen and oxygen atoms in total. The molecule has 0 amide bonds. The Morgan fingerprint density at radius 3 is 2.22 bits per heavy atom. The maximum atomic E-state index is 13.7. The van der Waals surface area contributed by atoms with Crippen LogP contribution in [0.2, 0.25) is 0 Å². The normalized spacial score (nSPS) is 11.3. The molecule has 27 heavy (non-hydrogen) atoms. The molecular formula is C14H5F5N6O2. The number of ether oxygens (including phenoxy) is 1. The standard InChI is InChI=1S/C14H5F5N6O2/c15-5-6(16)8(18)10(9(19)7(5)17)27-14-22-12(20)25-13(23-14)21-11(24-25)4-2-1-3-26-4/h1-3H,(H2,20,21,22,23,24). The summed E-state index contributed by atoms with van der Waals surface area (Å²) in [4.78, 5) is 11.2. The summed E-state index contributed by atoms with van der Waals surface area (Å²) < 4.78 is 77.7. The highest BCUT2D eigenvalue weighted by Gasteiger charge is 2.28. The fourth-order valence-electron chi connectivity index (χ4n) is 2.11. The van der Waals surface area contributed by atoms with E-state index in [4.69, 9.17) is 10.2 Å². The second kappa shape index (κ2) is 5.89. The quantitative estimate of drug-likeness (QED) is 0.329. The number of nitrogens with zero attached hydrogens (tertiary/aromatic N) is 5. The Bertz CT molecular complexity index is 1150. The van der Waals surface area contributed by atoms with Crippen LogP contribution in [0.4, 0.5) is 27.9 Å². The van der Waals surface area contributed by atoms with Crippen LogP contribution < -0.4 is 10.5 Å². The summed E-state index contributed by atoms with van der Waals surface area (Å²) in [6.07, 6.45) is 1.37. The minimum absolute atomic E-state index is 0.0642. The van der Waals surface area contributed by atoms with Gasteiger partial charge in [-0.3, -0.25) is 0 Å². The first-order valence-corrected chi connectivity index (χ1v) is 7.00. The van der Waals surface area contributed by atoms with E-state index < -0.39 is 40.8 Å². The van der Waals surface area contributed by atoms with Crippen LogP contribution in [0.15, 0.2) is 22.8 Å². The monoisotopic (exact) mass is 384 g/mol. The molecule has 4 aromatic rings. The topological polar surface area (TPSA) is 104 Å². The van der Waals surface area contributed by atoms with E-state index in [1.54, 1.807) is 12.1 Å². The van der Waals surface area contributed by atoms with Crippen LogP contribution in [0.1, 0.15) is 0 Å². The molecular weight excluding hydrogens is 379 g/mol. The predicted molar refractivity (Wildman–Crippen MR) is 77.0 cm³/mol.